The smallest absolute Gasteiger partial charge is 0.263 e. The summed E-state index contributed by atoms with van der Waals surface area (Å²) in [6.45, 7) is 4.15. The lowest BCUT2D eigenvalue weighted by Gasteiger charge is -2.30. The maximum atomic E-state index is 12.7. The van der Waals surface area contributed by atoms with E-state index < -0.39 is 0 Å². The Morgan fingerprint density at radius 1 is 1.20 bits per heavy atom. The molecule has 1 aromatic heterocycles. The number of amides is 1. The van der Waals surface area contributed by atoms with Gasteiger partial charge < -0.3 is 4.90 Å². The van der Waals surface area contributed by atoms with Gasteiger partial charge in [-0.2, -0.15) is 0 Å². The SMILES string of the molecule is CC1CCCN(C(=O)c2cc3c(s2)CCCCCC3)C1. The molecule has 1 unspecified atom stereocenters. The maximum absolute atomic E-state index is 12.7. The van der Waals surface area contributed by atoms with Crippen LogP contribution in [-0.4, -0.2) is 23.9 Å². The van der Waals surface area contributed by atoms with Gasteiger partial charge in [-0.1, -0.05) is 19.8 Å². The zero-order chi connectivity index (χ0) is 13.9. The van der Waals surface area contributed by atoms with E-state index in [0.717, 1.165) is 24.4 Å². The summed E-state index contributed by atoms with van der Waals surface area (Å²) in [6.07, 6.45) is 10.1. The molecule has 0 N–H and O–H groups in total. The molecular formula is C17H25NOS. The summed E-state index contributed by atoms with van der Waals surface area (Å²) >= 11 is 1.77. The number of carbonyl (C=O) groups excluding carboxylic acids is 1. The Balaban J connectivity index is 1.76. The predicted molar refractivity (Wildman–Crippen MR) is 84.5 cm³/mol. The number of aryl methyl sites for hydroxylation is 2. The Kier molecular flexibility index (Phi) is 4.45. The number of hydrogen-bond acceptors (Lipinski definition) is 2. The number of rotatable bonds is 1. The van der Waals surface area contributed by atoms with Gasteiger partial charge in [0.25, 0.3) is 5.91 Å². The molecule has 1 aromatic rings. The third-order valence-corrected chi connectivity index (χ3v) is 5.88. The molecule has 0 radical (unpaired) electrons. The van der Waals surface area contributed by atoms with Crippen LogP contribution in [0.5, 0.6) is 0 Å². The second-order valence-electron chi connectivity index (χ2n) is 6.47. The monoisotopic (exact) mass is 291 g/mol. The topological polar surface area (TPSA) is 20.3 Å². The molecular weight excluding hydrogens is 266 g/mol. The minimum atomic E-state index is 0.285. The summed E-state index contributed by atoms with van der Waals surface area (Å²) in [7, 11) is 0. The first-order chi connectivity index (χ1) is 9.74. The molecule has 2 aliphatic rings. The number of thiophene rings is 1. The summed E-state index contributed by atoms with van der Waals surface area (Å²) < 4.78 is 0. The highest BCUT2D eigenvalue weighted by molar-refractivity contribution is 7.14. The number of hydrogen-bond donors (Lipinski definition) is 0. The average molecular weight is 291 g/mol. The summed E-state index contributed by atoms with van der Waals surface area (Å²) in [5.74, 6) is 0.946. The Hall–Kier alpha value is -0.830. The fourth-order valence-corrected chi connectivity index (χ4v) is 4.70. The fourth-order valence-electron chi connectivity index (χ4n) is 3.48. The van der Waals surface area contributed by atoms with Crippen molar-refractivity contribution in [1.29, 1.82) is 0 Å². The highest BCUT2D eigenvalue weighted by Gasteiger charge is 2.24. The lowest BCUT2D eigenvalue weighted by molar-refractivity contribution is 0.0688. The minimum Gasteiger partial charge on any atom is -0.338 e. The van der Waals surface area contributed by atoms with E-state index in [2.05, 4.69) is 17.9 Å². The molecule has 1 atom stereocenters. The second kappa shape index (κ2) is 6.30. The van der Waals surface area contributed by atoms with Crippen molar-refractivity contribution in [1.82, 2.24) is 4.90 Å². The van der Waals surface area contributed by atoms with Crippen LogP contribution in [0.4, 0.5) is 0 Å². The van der Waals surface area contributed by atoms with E-state index in [1.807, 2.05) is 0 Å². The summed E-state index contributed by atoms with van der Waals surface area (Å²) in [6, 6.07) is 2.20. The van der Waals surface area contributed by atoms with Crippen LogP contribution in [0, 0.1) is 5.92 Å². The van der Waals surface area contributed by atoms with Gasteiger partial charge >= 0.3 is 0 Å². The predicted octanol–water partition coefficient (Wildman–Crippen LogP) is 4.28. The zero-order valence-electron chi connectivity index (χ0n) is 12.5. The zero-order valence-corrected chi connectivity index (χ0v) is 13.3. The van der Waals surface area contributed by atoms with Crippen molar-refractivity contribution in [2.75, 3.05) is 13.1 Å². The van der Waals surface area contributed by atoms with Gasteiger partial charge in [0.1, 0.15) is 0 Å². The van der Waals surface area contributed by atoms with E-state index in [1.54, 1.807) is 11.3 Å². The van der Waals surface area contributed by atoms with Crippen LogP contribution in [0.3, 0.4) is 0 Å². The summed E-state index contributed by atoms with van der Waals surface area (Å²) in [4.78, 5) is 17.2. The van der Waals surface area contributed by atoms with Crippen molar-refractivity contribution < 1.29 is 4.79 Å². The van der Waals surface area contributed by atoms with E-state index in [9.17, 15) is 4.79 Å². The molecule has 1 amide bonds. The molecule has 1 aliphatic carbocycles. The summed E-state index contributed by atoms with van der Waals surface area (Å²) in [5, 5.41) is 0. The van der Waals surface area contributed by atoms with Crippen molar-refractivity contribution in [2.45, 2.75) is 58.3 Å². The third kappa shape index (κ3) is 3.08. The van der Waals surface area contributed by atoms with Crippen LogP contribution >= 0.6 is 11.3 Å². The average Bonchev–Trinajstić information content (AvgIpc) is 2.80. The highest BCUT2D eigenvalue weighted by atomic mass is 32.1. The molecule has 0 spiro atoms. The highest BCUT2D eigenvalue weighted by Crippen LogP contribution is 2.30. The van der Waals surface area contributed by atoms with E-state index in [4.69, 9.17) is 0 Å². The van der Waals surface area contributed by atoms with Gasteiger partial charge in [0.2, 0.25) is 0 Å². The number of fused-ring (bicyclic) bond motifs is 1. The van der Waals surface area contributed by atoms with Crippen molar-refractivity contribution in [3.63, 3.8) is 0 Å². The van der Waals surface area contributed by atoms with Gasteiger partial charge in [-0.05, 0) is 56.1 Å². The van der Waals surface area contributed by atoms with E-state index in [0.29, 0.717) is 5.92 Å². The number of nitrogens with zero attached hydrogens (tertiary/aromatic N) is 1. The van der Waals surface area contributed by atoms with Crippen molar-refractivity contribution >= 4 is 17.2 Å². The molecule has 1 aliphatic heterocycles. The molecule has 3 rings (SSSR count). The van der Waals surface area contributed by atoms with Gasteiger partial charge in [0.15, 0.2) is 0 Å². The third-order valence-electron chi connectivity index (χ3n) is 4.65. The normalized spacial score (nSPS) is 23.9. The molecule has 1 saturated heterocycles. The first kappa shape index (κ1) is 14.1. The number of carbonyl (C=O) groups is 1. The van der Waals surface area contributed by atoms with Gasteiger partial charge in [0, 0.05) is 18.0 Å². The number of piperidine rings is 1. The van der Waals surface area contributed by atoms with Crippen LogP contribution in [0.2, 0.25) is 0 Å². The van der Waals surface area contributed by atoms with Crippen molar-refractivity contribution in [3.05, 3.63) is 21.4 Å². The van der Waals surface area contributed by atoms with Gasteiger partial charge in [-0.3, -0.25) is 4.79 Å². The quantitative estimate of drug-likeness (QED) is 0.756. The van der Waals surface area contributed by atoms with Crippen LogP contribution in [0.15, 0.2) is 6.07 Å². The molecule has 110 valence electrons. The Labute approximate surface area is 126 Å². The molecule has 1 fully saturated rings. The Morgan fingerprint density at radius 2 is 2.00 bits per heavy atom. The summed E-state index contributed by atoms with van der Waals surface area (Å²) in [5.41, 5.74) is 1.46. The Morgan fingerprint density at radius 3 is 2.80 bits per heavy atom. The van der Waals surface area contributed by atoms with E-state index in [1.165, 1.54) is 55.4 Å². The molecule has 0 saturated carbocycles. The fraction of sp³-hybridized carbons (Fsp3) is 0.706. The first-order valence-corrected chi connectivity index (χ1v) is 8.96. The van der Waals surface area contributed by atoms with E-state index >= 15 is 0 Å². The molecule has 3 heteroatoms. The lowest BCUT2D eigenvalue weighted by Crippen LogP contribution is -2.38. The molecule has 20 heavy (non-hydrogen) atoms. The minimum absolute atomic E-state index is 0.285. The van der Waals surface area contributed by atoms with E-state index in [-0.39, 0.29) is 5.91 Å². The van der Waals surface area contributed by atoms with Crippen molar-refractivity contribution in [2.24, 2.45) is 5.92 Å². The largest absolute Gasteiger partial charge is 0.338 e. The van der Waals surface area contributed by atoms with Crippen LogP contribution in [-0.2, 0) is 12.8 Å². The van der Waals surface area contributed by atoms with Crippen LogP contribution in [0.25, 0.3) is 0 Å². The van der Waals surface area contributed by atoms with Gasteiger partial charge in [-0.25, -0.2) is 0 Å². The number of likely N-dealkylation sites (tertiary alicyclic amines) is 1. The van der Waals surface area contributed by atoms with Crippen LogP contribution < -0.4 is 0 Å². The van der Waals surface area contributed by atoms with Crippen molar-refractivity contribution in [3.8, 4) is 0 Å². The molecule has 0 bridgehead atoms. The van der Waals surface area contributed by atoms with Gasteiger partial charge in [0.05, 0.1) is 4.88 Å². The molecule has 2 nitrogen and oxygen atoms in total. The molecule has 2 heterocycles. The van der Waals surface area contributed by atoms with Crippen LogP contribution in [0.1, 0.15) is 65.6 Å². The van der Waals surface area contributed by atoms with Gasteiger partial charge in [-0.15, -0.1) is 11.3 Å². The molecule has 0 aromatic carbocycles. The Bertz CT molecular complexity index is 454. The standard InChI is InChI=1S/C17H25NOS/c1-13-7-6-10-18(12-13)17(19)16-11-14-8-4-2-3-5-9-15(14)20-16/h11,13H,2-10,12H2,1H3. The second-order valence-corrected chi connectivity index (χ2v) is 7.61. The first-order valence-electron chi connectivity index (χ1n) is 8.15. The lowest BCUT2D eigenvalue weighted by atomic mass is 9.99. The maximum Gasteiger partial charge on any atom is 0.263 e.